The number of nitrogens with zero attached hydrogens (tertiary/aromatic N) is 1. The molecule has 1 heterocycles. The summed E-state index contributed by atoms with van der Waals surface area (Å²) in [7, 11) is 1.96. The Bertz CT molecular complexity index is 1100. The summed E-state index contributed by atoms with van der Waals surface area (Å²) in [6.07, 6.45) is 3.36. The fraction of sp³-hybridized carbons (Fsp3) is 0.536. The zero-order valence-corrected chi connectivity index (χ0v) is 23.0. The topological polar surface area (TPSA) is 145 Å². The van der Waals surface area contributed by atoms with Gasteiger partial charge in [0, 0.05) is 35.6 Å². The predicted molar refractivity (Wildman–Crippen MR) is 144 cm³/mol. The van der Waals surface area contributed by atoms with Crippen molar-refractivity contribution < 1.29 is 24.6 Å². The first-order valence-electron chi connectivity index (χ1n) is 12.8. The maximum absolute atomic E-state index is 12.6. The number of allylic oxidation sites excluding steroid dienone is 2. The molecule has 0 aromatic heterocycles. The zero-order valence-electron chi connectivity index (χ0n) is 23.0. The van der Waals surface area contributed by atoms with Crippen molar-refractivity contribution in [2.75, 3.05) is 13.6 Å². The Morgan fingerprint density at radius 2 is 1.92 bits per heavy atom. The van der Waals surface area contributed by atoms with E-state index in [-0.39, 0.29) is 18.2 Å². The molecule has 4 unspecified atom stereocenters. The Hall–Kier alpha value is -3.17. The number of piperidine rings is 1. The summed E-state index contributed by atoms with van der Waals surface area (Å²) >= 11 is 0. The molecular weight excluding hydrogens is 472 g/mol. The second-order valence-corrected chi connectivity index (χ2v) is 9.96. The summed E-state index contributed by atoms with van der Waals surface area (Å²) in [5.74, 6) is -0.994. The van der Waals surface area contributed by atoms with Gasteiger partial charge in [0.2, 0.25) is 18.2 Å². The highest BCUT2D eigenvalue weighted by Crippen LogP contribution is 2.56. The number of carbonyl (C=O) groups is 3. The van der Waals surface area contributed by atoms with E-state index in [1.54, 1.807) is 25.1 Å². The van der Waals surface area contributed by atoms with Gasteiger partial charge in [-0.2, -0.15) is 0 Å². The molecule has 1 aliphatic carbocycles. The van der Waals surface area contributed by atoms with Crippen molar-refractivity contribution in [3.63, 3.8) is 0 Å². The van der Waals surface area contributed by atoms with Gasteiger partial charge in [0.05, 0.1) is 5.60 Å². The number of aromatic hydroxyl groups is 1. The normalized spacial score (nSPS) is 26.8. The van der Waals surface area contributed by atoms with E-state index in [0.29, 0.717) is 36.1 Å². The van der Waals surface area contributed by atoms with Crippen LogP contribution in [0.15, 0.2) is 41.1 Å². The minimum Gasteiger partial charge on any atom is -0.508 e. The first-order chi connectivity index (χ1) is 17.4. The van der Waals surface area contributed by atoms with Gasteiger partial charge in [-0.05, 0) is 82.6 Å². The number of rotatable bonds is 7. The fourth-order valence-electron chi connectivity index (χ4n) is 5.56. The first-order valence-corrected chi connectivity index (χ1v) is 12.8. The molecule has 0 radical (unpaired) electrons. The monoisotopic (exact) mass is 514 g/mol. The quantitative estimate of drug-likeness (QED) is 0.278. The lowest BCUT2D eigenvalue weighted by atomic mass is 9.53. The van der Waals surface area contributed by atoms with Crippen molar-refractivity contribution in [2.45, 2.75) is 83.9 Å². The van der Waals surface area contributed by atoms with Crippen LogP contribution in [0.1, 0.15) is 65.0 Å². The van der Waals surface area contributed by atoms with Gasteiger partial charge in [-0.3, -0.25) is 14.4 Å². The van der Waals surface area contributed by atoms with Crippen LogP contribution in [0.3, 0.4) is 0 Å². The molecule has 3 rings (SSSR count). The van der Waals surface area contributed by atoms with Gasteiger partial charge in [-0.15, -0.1) is 0 Å². The highest BCUT2D eigenvalue weighted by molar-refractivity contribution is 5.96. The number of likely N-dealkylation sites (tertiary alicyclic amines) is 1. The van der Waals surface area contributed by atoms with Gasteiger partial charge < -0.3 is 31.5 Å². The Labute approximate surface area is 219 Å². The third-order valence-electron chi connectivity index (χ3n) is 7.89. The number of carbonyl (C=O) groups excluding carboxylic acids is 3. The standard InChI is InChI=1S/C26H36N4O5.C2H6/c1-15-6-7-20(32)11-21(15)25-8-9-30(5)18(4)26(25,35)12-19(22(13-25)28-14-31)10-16(2)24(34)29-17(3)23(27)33;1-2/h6-7,10-11,14,17-18,32,35H,8-9,12-13H2,1-5H3,(H2,27,33)(H,28,31)(H,29,34);1-2H3/b16-10+;. The third kappa shape index (κ3) is 5.72. The number of phenols is 1. The molecule has 37 heavy (non-hydrogen) atoms. The average Bonchev–Trinajstić information content (AvgIpc) is 2.86. The summed E-state index contributed by atoms with van der Waals surface area (Å²) in [5.41, 5.74) is 6.59. The van der Waals surface area contributed by atoms with E-state index in [0.717, 1.165) is 17.7 Å². The van der Waals surface area contributed by atoms with Crippen molar-refractivity contribution in [1.82, 2.24) is 15.5 Å². The molecule has 1 aliphatic heterocycles. The molecule has 0 bridgehead atoms. The van der Waals surface area contributed by atoms with E-state index in [2.05, 4.69) is 15.5 Å². The summed E-state index contributed by atoms with van der Waals surface area (Å²) in [4.78, 5) is 37.7. The second kappa shape index (κ2) is 11.9. The van der Waals surface area contributed by atoms with E-state index < -0.39 is 28.9 Å². The van der Waals surface area contributed by atoms with Gasteiger partial charge in [0.15, 0.2) is 0 Å². The number of likely N-dealkylation sites (N-methyl/N-ethyl adjacent to an activating group) is 1. The van der Waals surface area contributed by atoms with E-state index in [4.69, 9.17) is 5.73 Å². The van der Waals surface area contributed by atoms with Crippen molar-refractivity contribution in [3.8, 4) is 5.75 Å². The Morgan fingerprint density at radius 1 is 1.27 bits per heavy atom. The molecular formula is C28H42N4O5. The maximum atomic E-state index is 12.6. The lowest BCUT2D eigenvalue weighted by molar-refractivity contribution is -0.132. The number of aryl methyl sites for hydroxylation is 1. The number of fused-ring (bicyclic) bond motifs is 1. The van der Waals surface area contributed by atoms with Gasteiger partial charge in [0.25, 0.3) is 0 Å². The highest BCUT2D eigenvalue weighted by Gasteiger charge is 2.60. The molecule has 204 valence electrons. The number of aliphatic hydroxyl groups is 1. The van der Waals surface area contributed by atoms with Crippen molar-refractivity contribution >= 4 is 18.2 Å². The Morgan fingerprint density at radius 3 is 2.51 bits per heavy atom. The molecule has 0 spiro atoms. The smallest absolute Gasteiger partial charge is 0.247 e. The molecule has 6 N–H and O–H groups in total. The number of nitrogens with one attached hydrogen (secondary N) is 2. The Balaban J connectivity index is 0.00000235. The fourth-order valence-corrected chi connectivity index (χ4v) is 5.56. The van der Waals surface area contributed by atoms with Crippen LogP contribution in [0, 0.1) is 6.92 Å². The average molecular weight is 515 g/mol. The highest BCUT2D eigenvalue weighted by atomic mass is 16.3. The second-order valence-electron chi connectivity index (χ2n) is 9.96. The predicted octanol–water partition coefficient (Wildman–Crippen LogP) is 2.15. The molecule has 3 amide bonds. The number of amides is 3. The molecule has 4 atom stereocenters. The Kier molecular flexibility index (Phi) is 9.68. The minimum absolute atomic E-state index is 0.115. The van der Waals surface area contributed by atoms with E-state index >= 15 is 0 Å². The van der Waals surface area contributed by atoms with Gasteiger partial charge in [-0.1, -0.05) is 19.9 Å². The summed E-state index contributed by atoms with van der Waals surface area (Å²) in [5, 5.41) is 28.1. The van der Waals surface area contributed by atoms with E-state index in [9.17, 15) is 24.6 Å². The van der Waals surface area contributed by atoms with Crippen LogP contribution in [0.5, 0.6) is 5.75 Å². The van der Waals surface area contributed by atoms with Crippen LogP contribution in [0.4, 0.5) is 0 Å². The molecule has 2 aliphatic rings. The van der Waals surface area contributed by atoms with Gasteiger partial charge in [-0.25, -0.2) is 0 Å². The van der Waals surface area contributed by atoms with Crippen LogP contribution in [0.25, 0.3) is 0 Å². The van der Waals surface area contributed by atoms with Crippen LogP contribution < -0.4 is 16.4 Å². The largest absolute Gasteiger partial charge is 0.508 e. The third-order valence-corrected chi connectivity index (χ3v) is 7.89. The summed E-state index contributed by atoms with van der Waals surface area (Å²) < 4.78 is 0. The molecule has 1 aromatic rings. The number of hydrogen-bond acceptors (Lipinski definition) is 6. The number of benzene rings is 1. The van der Waals surface area contributed by atoms with Crippen molar-refractivity contribution in [3.05, 3.63) is 52.2 Å². The molecule has 9 nitrogen and oxygen atoms in total. The number of hydrogen-bond donors (Lipinski definition) is 5. The van der Waals surface area contributed by atoms with Gasteiger partial charge in [0.1, 0.15) is 11.8 Å². The summed E-state index contributed by atoms with van der Waals surface area (Å²) in [6.45, 7) is 11.8. The van der Waals surface area contributed by atoms with Crippen molar-refractivity contribution in [1.29, 1.82) is 0 Å². The van der Waals surface area contributed by atoms with Crippen LogP contribution >= 0.6 is 0 Å². The van der Waals surface area contributed by atoms with E-state index in [1.165, 1.54) is 6.92 Å². The zero-order chi connectivity index (χ0) is 28.1. The molecule has 0 saturated carbocycles. The number of phenolic OH excluding ortho intramolecular Hbond substituents is 1. The SMILES string of the molecule is C/C(=C\C1=C(NC=O)CC2(c3cc(O)ccc3C)CCN(C)C(C)C2(O)C1)C(=O)NC(C)C(N)=O.CC. The van der Waals surface area contributed by atoms with Crippen LogP contribution in [0.2, 0.25) is 0 Å². The van der Waals surface area contributed by atoms with Crippen molar-refractivity contribution in [2.24, 2.45) is 5.73 Å². The lowest BCUT2D eigenvalue weighted by Gasteiger charge is -2.60. The minimum atomic E-state index is -1.25. The lowest BCUT2D eigenvalue weighted by Crippen LogP contribution is -2.68. The van der Waals surface area contributed by atoms with Crippen LogP contribution in [-0.4, -0.2) is 64.6 Å². The number of nitrogens with two attached hydrogens (primary N) is 1. The molecule has 1 fully saturated rings. The number of primary amides is 1. The van der Waals surface area contributed by atoms with Gasteiger partial charge >= 0.3 is 0 Å². The molecule has 1 saturated heterocycles. The summed E-state index contributed by atoms with van der Waals surface area (Å²) in [6, 6.07) is 4.09. The first kappa shape index (κ1) is 30.1. The molecule has 1 aromatic carbocycles. The molecule has 9 heteroatoms. The van der Waals surface area contributed by atoms with Crippen LogP contribution in [-0.2, 0) is 19.8 Å². The van der Waals surface area contributed by atoms with E-state index in [1.807, 2.05) is 40.8 Å². The maximum Gasteiger partial charge on any atom is 0.247 e.